The molecule has 0 radical (unpaired) electrons. The number of carbonyl (C=O) groups excluding carboxylic acids is 2. The van der Waals surface area contributed by atoms with Gasteiger partial charge in [0.15, 0.2) is 0 Å². The van der Waals surface area contributed by atoms with E-state index in [-0.39, 0.29) is 24.2 Å². The fraction of sp³-hybridized carbons (Fsp3) is 0.647. The predicted molar refractivity (Wildman–Crippen MR) is 100 cm³/mol. The summed E-state index contributed by atoms with van der Waals surface area (Å²) in [5.41, 5.74) is 0.341. The van der Waals surface area contributed by atoms with E-state index in [1.54, 1.807) is 7.11 Å². The van der Waals surface area contributed by atoms with Crippen LogP contribution in [0.4, 0.5) is 0 Å². The zero-order chi connectivity index (χ0) is 17.0. The minimum absolute atomic E-state index is 0. The van der Waals surface area contributed by atoms with E-state index >= 15 is 0 Å². The van der Waals surface area contributed by atoms with Gasteiger partial charge in [-0.2, -0.15) is 11.3 Å². The Morgan fingerprint density at radius 3 is 2.40 bits per heavy atom. The van der Waals surface area contributed by atoms with E-state index in [9.17, 15) is 9.59 Å². The van der Waals surface area contributed by atoms with Crippen molar-refractivity contribution in [2.75, 3.05) is 53.0 Å². The van der Waals surface area contributed by atoms with Gasteiger partial charge in [0.1, 0.15) is 0 Å². The van der Waals surface area contributed by atoms with Crippen molar-refractivity contribution in [3.05, 3.63) is 22.4 Å². The van der Waals surface area contributed by atoms with Crippen molar-refractivity contribution in [1.82, 2.24) is 15.1 Å². The van der Waals surface area contributed by atoms with Gasteiger partial charge < -0.3 is 19.9 Å². The second-order valence-corrected chi connectivity index (χ2v) is 7.34. The van der Waals surface area contributed by atoms with Crippen LogP contribution in [-0.4, -0.2) is 74.6 Å². The Kier molecular flexibility index (Phi) is 7.25. The number of methoxy groups -OCH3 is 1. The maximum atomic E-state index is 13.1. The normalized spacial score (nSPS) is 20.0. The monoisotopic (exact) mass is 387 g/mol. The van der Waals surface area contributed by atoms with Crippen molar-refractivity contribution in [1.29, 1.82) is 0 Å². The highest BCUT2D eigenvalue weighted by atomic mass is 35.5. The maximum Gasteiger partial charge on any atom is 0.254 e. The van der Waals surface area contributed by atoms with E-state index in [0.29, 0.717) is 32.8 Å². The smallest absolute Gasteiger partial charge is 0.254 e. The molecular weight excluding hydrogens is 362 g/mol. The summed E-state index contributed by atoms with van der Waals surface area (Å²) in [6, 6.07) is 1.85. The summed E-state index contributed by atoms with van der Waals surface area (Å²) in [4.78, 5) is 29.3. The van der Waals surface area contributed by atoms with E-state index < -0.39 is 5.41 Å². The van der Waals surface area contributed by atoms with Crippen molar-refractivity contribution in [3.8, 4) is 0 Å². The fourth-order valence-electron chi connectivity index (χ4n) is 3.62. The van der Waals surface area contributed by atoms with E-state index in [1.165, 1.54) is 11.3 Å². The molecule has 0 unspecified atom stereocenters. The number of amides is 2. The van der Waals surface area contributed by atoms with Crippen LogP contribution in [0.25, 0.3) is 0 Å². The van der Waals surface area contributed by atoms with Gasteiger partial charge in [0, 0.05) is 38.7 Å². The molecule has 2 fully saturated rings. The molecule has 1 aromatic heterocycles. The van der Waals surface area contributed by atoms with Crippen LogP contribution < -0.4 is 5.32 Å². The van der Waals surface area contributed by atoms with E-state index in [0.717, 1.165) is 31.5 Å². The highest BCUT2D eigenvalue weighted by Crippen LogP contribution is 2.32. The van der Waals surface area contributed by atoms with Gasteiger partial charge in [-0.15, -0.1) is 12.4 Å². The second kappa shape index (κ2) is 8.98. The van der Waals surface area contributed by atoms with Gasteiger partial charge in [-0.1, -0.05) is 0 Å². The number of nitrogens with zero attached hydrogens (tertiary/aromatic N) is 2. The van der Waals surface area contributed by atoms with Crippen LogP contribution in [0.3, 0.4) is 0 Å². The van der Waals surface area contributed by atoms with Crippen molar-refractivity contribution < 1.29 is 14.3 Å². The van der Waals surface area contributed by atoms with Gasteiger partial charge in [-0.25, -0.2) is 0 Å². The van der Waals surface area contributed by atoms with E-state index in [1.807, 2.05) is 26.6 Å². The summed E-state index contributed by atoms with van der Waals surface area (Å²) >= 11 is 1.53. The van der Waals surface area contributed by atoms with E-state index in [4.69, 9.17) is 4.74 Å². The Morgan fingerprint density at radius 1 is 1.20 bits per heavy atom. The molecule has 0 atom stereocenters. The molecule has 1 N–H and O–H groups in total. The first-order chi connectivity index (χ1) is 11.7. The van der Waals surface area contributed by atoms with Crippen molar-refractivity contribution in [2.24, 2.45) is 5.41 Å². The Hall–Kier alpha value is -1.15. The molecule has 2 aliphatic heterocycles. The topological polar surface area (TPSA) is 61.9 Å². The highest BCUT2D eigenvalue weighted by Gasteiger charge is 2.43. The fourth-order valence-corrected chi connectivity index (χ4v) is 4.25. The lowest BCUT2D eigenvalue weighted by Crippen LogP contribution is -2.57. The van der Waals surface area contributed by atoms with Crippen LogP contribution in [0.5, 0.6) is 0 Å². The standard InChI is InChI=1S/C17H25N3O3S.ClH/c1-23-13-17(3-5-18-6-4-17)16(22)20-9-7-19(8-10-20)15(21)14-2-11-24-12-14;/h2,11-12,18H,3-10,13H2,1H3;1H. The average Bonchev–Trinajstić information content (AvgIpc) is 3.16. The first-order valence-corrected chi connectivity index (χ1v) is 9.41. The number of rotatable bonds is 4. The molecule has 25 heavy (non-hydrogen) atoms. The molecule has 0 spiro atoms. The molecule has 0 aliphatic carbocycles. The first-order valence-electron chi connectivity index (χ1n) is 8.47. The minimum atomic E-state index is -0.403. The van der Waals surface area contributed by atoms with Crippen LogP contribution in [0.2, 0.25) is 0 Å². The molecule has 140 valence electrons. The van der Waals surface area contributed by atoms with E-state index in [2.05, 4.69) is 5.32 Å². The van der Waals surface area contributed by atoms with Crippen LogP contribution in [0.15, 0.2) is 16.8 Å². The van der Waals surface area contributed by atoms with Crippen molar-refractivity contribution in [2.45, 2.75) is 12.8 Å². The van der Waals surface area contributed by atoms with Crippen LogP contribution in [0.1, 0.15) is 23.2 Å². The number of carbonyl (C=O) groups is 2. The summed E-state index contributed by atoms with van der Waals surface area (Å²) < 4.78 is 5.37. The molecule has 2 amide bonds. The van der Waals surface area contributed by atoms with Crippen LogP contribution in [-0.2, 0) is 9.53 Å². The number of thiophene rings is 1. The third-order valence-electron chi connectivity index (χ3n) is 5.06. The SMILES string of the molecule is COCC1(C(=O)N2CCN(C(=O)c3ccsc3)CC2)CCNCC1.Cl. The highest BCUT2D eigenvalue weighted by molar-refractivity contribution is 7.08. The molecule has 2 saturated heterocycles. The third-order valence-corrected chi connectivity index (χ3v) is 5.74. The summed E-state index contributed by atoms with van der Waals surface area (Å²) in [6.45, 7) is 4.59. The number of hydrogen-bond acceptors (Lipinski definition) is 5. The number of halogens is 1. The molecule has 6 nitrogen and oxygen atoms in total. The molecular formula is C17H26ClN3O3S. The summed E-state index contributed by atoms with van der Waals surface area (Å²) in [5.74, 6) is 0.255. The number of ether oxygens (including phenoxy) is 1. The number of piperazine rings is 1. The van der Waals surface area contributed by atoms with Gasteiger partial charge in [0.2, 0.25) is 5.91 Å². The van der Waals surface area contributed by atoms with Gasteiger partial charge in [-0.3, -0.25) is 9.59 Å². The molecule has 0 bridgehead atoms. The quantitative estimate of drug-likeness (QED) is 0.849. The molecule has 1 aromatic rings. The summed E-state index contributed by atoms with van der Waals surface area (Å²) in [6.07, 6.45) is 1.63. The van der Waals surface area contributed by atoms with Crippen LogP contribution >= 0.6 is 23.7 Å². The Labute approximate surface area is 158 Å². The second-order valence-electron chi connectivity index (χ2n) is 6.56. The summed E-state index contributed by atoms with van der Waals surface area (Å²) in [7, 11) is 1.66. The van der Waals surface area contributed by atoms with Crippen LogP contribution in [0, 0.1) is 5.41 Å². The molecule has 8 heteroatoms. The Balaban J connectivity index is 0.00000225. The zero-order valence-corrected chi connectivity index (χ0v) is 16.2. The number of piperidine rings is 1. The average molecular weight is 388 g/mol. The van der Waals surface area contributed by atoms with Gasteiger partial charge >= 0.3 is 0 Å². The zero-order valence-electron chi connectivity index (χ0n) is 14.5. The maximum absolute atomic E-state index is 13.1. The lowest BCUT2D eigenvalue weighted by atomic mass is 9.78. The predicted octanol–water partition coefficient (Wildman–Crippen LogP) is 1.47. The molecule has 0 aromatic carbocycles. The van der Waals surface area contributed by atoms with Gasteiger partial charge in [-0.05, 0) is 37.4 Å². The molecule has 2 aliphatic rings. The lowest BCUT2D eigenvalue weighted by molar-refractivity contribution is -0.149. The Bertz CT molecular complexity index is 562. The molecule has 3 heterocycles. The lowest BCUT2D eigenvalue weighted by Gasteiger charge is -2.42. The first kappa shape index (κ1) is 20.2. The van der Waals surface area contributed by atoms with Gasteiger partial charge in [0.05, 0.1) is 17.6 Å². The minimum Gasteiger partial charge on any atom is -0.384 e. The summed E-state index contributed by atoms with van der Waals surface area (Å²) in [5, 5.41) is 7.11. The number of hydrogen-bond donors (Lipinski definition) is 1. The van der Waals surface area contributed by atoms with Gasteiger partial charge in [0.25, 0.3) is 5.91 Å². The van der Waals surface area contributed by atoms with Crippen molar-refractivity contribution in [3.63, 3.8) is 0 Å². The largest absolute Gasteiger partial charge is 0.384 e. The molecule has 3 rings (SSSR count). The third kappa shape index (κ3) is 4.34. The number of nitrogens with one attached hydrogen (secondary N) is 1. The molecule has 0 saturated carbocycles. The Morgan fingerprint density at radius 2 is 1.84 bits per heavy atom. The van der Waals surface area contributed by atoms with Crippen molar-refractivity contribution >= 4 is 35.6 Å².